The topological polar surface area (TPSA) is 51.7 Å². The minimum atomic E-state index is -0.00362. The molecule has 1 aromatic heterocycles. The van der Waals surface area contributed by atoms with E-state index in [0.717, 1.165) is 45.4 Å². The predicted molar refractivity (Wildman–Crippen MR) is 80.6 cm³/mol. The first-order chi connectivity index (χ1) is 10.3. The maximum absolute atomic E-state index is 12.6. The molecule has 1 atom stereocenters. The summed E-state index contributed by atoms with van der Waals surface area (Å²) in [6.07, 6.45) is 5.84. The van der Waals surface area contributed by atoms with Gasteiger partial charge in [-0.1, -0.05) is 6.92 Å². The Bertz CT molecular complexity index is 465. The smallest absolute Gasteiger partial charge is 0.259 e. The zero-order valence-corrected chi connectivity index (χ0v) is 12.9. The molecule has 1 aromatic rings. The minimum absolute atomic E-state index is 0.00362. The number of rotatable bonds is 5. The third kappa shape index (κ3) is 4.17. The number of likely N-dealkylation sites (tertiary alicyclic amines) is 1. The van der Waals surface area contributed by atoms with Gasteiger partial charge in [-0.15, -0.1) is 0 Å². The summed E-state index contributed by atoms with van der Waals surface area (Å²) in [6, 6.07) is 3.53. The first-order valence-electron chi connectivity index (χ1n) is 7.66. The van der Waals surface area contributed by atoms with Crippen molar-refractivity contribution in [1.82, 2.24) is 9.88 Å². The van der Waals surface area contributed by atoms with Crippen molar-refractivity contribution in [1.29, 1.82) is 0 Å². The van der Waals surface area contributed by atoms with Crippen molar-refractivity contribution in [2.45, 2.75) is 38.7 Å². The number of pyridine rings is 1. The Morgan fingerprint density at radius 1 is 1.43 bits per heavy atom. The molecule has 1 aliphatic rings. The highest BCUT2D eigenvalue weighted by atomic mass is 16.5. The van der Waals surface area contributed by atoms with Gasteiger partial charge >= 0.3 is 0 Å². The molecule has 0 unspecified atom stereocenters. The summed E-state index contributed by atoms with van der Waals surface area (Å²) in [5, 5.41) is 0. The lowest BCUT2D eigenvalue weighted by Crippen LogP contribution is -2.32. The van der Waals surface area contributed by atoms with Gasteiger partial charge in [0.05, 0.1) is 13.2 Å². The monoisotopic (exact) mass is 292 g/mol. The fraction of sp³-hybridized carbons (Fsp3) is 0.625. The van der Waals surface area contributed by atoms with Crippen LogP contribution in [0.2, 0.25) is 0 Å². The molecule has 0 bridgehead atoms. The molecule has 1 saturated heterocycles. The summed E-state index contributed by atoms with van der Waals surface area (Å²) in [5.41, 5.74) is 0.535. The van der Waals surface area contributed by atoms with Crippen LogP contribution in [0.1, 0.15) is 43.0 Å². The van der Waals surface area contributed by atoms with Gasteiger partial charge in [-0.3, -0.25) is 4.79 Å². The van der Waals surface area contributed by atoms with Crippen molar-refractivity contribution >= 4 is 5.91 Å². The molecule has 0 aromatic carbocycles. The summed E-state index contributed by atoms with van der Waals surface area (Å²) >= 11 is 0. The fourth-order valence-corrected chi connectivity index (χ4v) is 2.61. The number of hydrogen-bond acceptors (Lipinski definition) is 4. The summed E-state index contributed by atoms with van der Waals surface area (Å²) in [7, 11) is 1.54. The second kappa shape index (κ2) is 7.98. The van der Waals surface area contributed by atoms with E-state index in [2.05, 4.69) is 11.9 Å². The molecule has 21 heavy (non-hydrogen) atoms. The van der Waals surface area contributed by atoms with E-state index in [9.17, 15) is 4.79 Å². The van der Waals surface area contributed by atoms with Crippen LogP contribution in [-0.4, -0.2) is 48.7 Å². The van der Waals surface area contributed by atoms with Crippen LogP contribution in [0.4, 0.5) is 0 Å². The van der Waals surface area contributed by atoms with Crippen molar-refractivity contribution in [3.63, 3.8) is 0 Å². The van der Waals surface area contributed by atoms with Crippen LogP contribution in [0.5, 0.6) is 5.88 Å². The lowest BCUT2D eigenvalue weighted by molar-refractivity contribution is 0.0432. The second-order valence-corrected chi connectivity index (χ2v) is 5.28. The van der Waals surface area contributed by atoms with Gasteiger partial charge in [0.25, 0.3) is 5.91 Å². The summed E-state index contributed by atoms with van der Waals surface area (Å²) in [4.78, 5) is 18.6. The third-order valence-corrected chi connectivity index (χ3v) is 3.71. The minimum Gasteiger partial charge on any atom is -0.480 e. The van der Waals surface area contributed by atoms with E-state index >= 15 is 0 Å². The Hall–Kier alpha value is -1.62. The van der Waals surface area contributed by atoms with Gasteiger partial charge in [0.15, 0.2) is 0 Å². The number of amides is 1. The van der Waals surface area contributed by atoms with E-state index in [4.69, 9.17) is 9.47 Å². The van der Waals surface area contributed by atoms with E-state index in [1.54, 1.807) is 18.3 Å². The Morgan fingerprint density at radius 2 is 2.29 bits per heavy atom. The van der Waals surface area contributed by atoms with Gasteiger partial charge in [0.2, 0.25) is 5.88 Å². The molecule has 116 valence electrons. The molecule has 0 saturated carbocycles. The van der Waals surface area contributed by atoms with E-state index < -0.39 is 0 Å². The largest absolute Gasteiger partial charge is 0.480 e. The molecule has 0 radical (unpaired) electrons. The van der Waals surface area contributed by atoms with Crippen LogP contribution in [0, 0.1) is 0 Å². The number of ether oxygens (including phenoxy) is 2. The van der Waals surface area contributed by atoms with Crippen molar-refractivity contribution in [2.24, 2.45) is 0 Å². The molecule has 1 amide bonds. The van der Waals surface area contributed by atoms with Crippen molar-refractivity contribution < 1.29 is 14.3 Å². The Kier molecular flexibility index (Phi) is 5.99. The molecular formula is C16H24N2O3. The Labute approximate surface area is 126 Å². The van der Waals surface area contributed by atoms with Crippen LogP contribution in [-0.2, 0) is 4.74 Å². The van der Waals surface area contributed by atoms with Crippen molar-refractivity contribution in [2.75, 3.05) is 26.8 Å². The number of carbonyl (C=O) groups excluding carboxylic acids is 1. The molecule has 1 fully saturated rings. The number of methoxy groups -OCH3 is 1. The molecular weight excluding hydrogens is 268 g/mol. The lowest BCUT2D eigenvalue weighted by Gasteiger charge is -2.21. The number of hydrogen-bond donors (Lipinski definition) is 0. The number of nitrogens with zero attached hydrogens (tertiary/aromatic N) is 2. The highest BCUT2D eigenvalue weighted by Gasteiger charge is 2.24. The Morgan fingerprint density at radius 3 is 3.05 bits per heavy atom. The van der Waals surface area contributed by atoms with Crippen molar-refractivity contribution in [3.05, 3.63) is 23.9 Å². The third-order valence-electron chi connectivity index (χ3n) is 3.71. The van der Waals surface area contributed by atoms with Crippen LogP contribution in [0.15, 0.2) is 18.3 Å². The molecule has 0 spiro atoms. The van der Waals surface area contributed by atoms with Gasteiger partial charge in [-0.25, -0.2) is 4.98 Å². The molecule has 0 aliphatic carbocycles. The van der Waals surface area contributed by atoms with Crippen LogP contribution in [0.3, 0.4) is 0 Å². The normalized spacial score (nSPS) is 19.1. The highest BCUT2D eigenvalue weighted by molar-refractivity contribution is 5.96. The van der Waals surface area contributed by atoms with Gasteiger partial charge in [0, 0.05) is 25.9 Å². The lowest BCUT2D eigenvalue weighted by atomic mass is 10.1. The maximum Gasteiger partial charge on any atom is 0.259 e. The van der Waals surface area contributed by atoms with E-state index in [-0.39, 0.29) is 12.0 Å². The number of carbonyl (C=O) groups is 1. The second-order valence-electron chi connectivity index (χ2n) is 5.28. The SMILES string of the molecule is CCCO[C@@H]1CCCN(C(=O)c2cccnc2OC)CC1. The molecule has 5 heteroatoms. The average molecular weight is 292 g/mol. The van der Waals surface area contributed by atoms with Crippen LogP contribution >= 0.6 is 0 Å². The molecule has 1 aliphatic heterocycles. The standard InChI is InChI=1S/C16H24N2O3/c1-3-12-21-13-6-5-10-18(11-8-13)16(19)14-7-4-9-17-15(14)20-2/h4,7,9,13H,3,5-6,8,10-12H2,1-2H3/t13-/m1/s1. The van der Waals surface area contributed by atoms with Gasteiger partial charge < -0.3 is 14.4 Å². The van der Waals surface area contributed by atoms with E-state index in [1.165, 1.54) is 7.11 Å². The fourth-order valence-electron chi connectivity index (χ4n) is 2.61. The summed E-state index contributed by atoms with van der Waals surface area (Å²) < 4.78 is 11.0. The Balaban J connectivity index is 2.00. The van der Waals surface area contributed by atoms with Crippen LogP contribution in [0.25, 0.3) is 0 Å². The van der Waals surface area contributed by atoms with E-state index in [0.29, 0.717) is 11.4 Å². The number of aromatic nitrogens is 1. The summed E-state index contributed by atoms with van der Waals surface area (Å²) in [5.74, 6) is 0.390. The quantitative estimate of drug-likeness (QED) is 0.836. The zero-order chi connectivity index (χ0) is 15.1. The summed E-state index contributed by atoms with van der Waals surface area (Å²) in [6.45, 7) is 4.41. The average Bonchev–Trinajstić information content (AvgIpc) is 2.77. The van der Waals surface area contributed by atoms with Crippen LogP contribution < -0.4 is 4.74 Å². The zero-order valence-electron chi connectivity index (χ0n) is 12.9. The van der Waals surface area contributed by atoms with E-state index in [1.807, 2.05) is 4.90 Å². The maximum atomic E-state index is 12.6. The van der Waals surface area contributed by atoms with Crippen molar-refractivity contribution in [3.8, 4) is 5.88 Å². The van der Waals surface area contributed by atoms with Gasteiger partial charge in [-0.2, -0.15) is 0 Å². The molecule has 0 N–H and O–H groups in total. The molecule has 2 rings (SSSR count). The first kappa shape index (κ1) is 15.8. The molecule has 2 heterocycles. The highest BCUT2D eigenvalue weighted by Crippen LogP contribution is 2.20. The van der Waals surface area contributed by atoms with Gasteiger partial charge in [0.1, 0.15) is 5.56 Å². The van der Waals surface area contributed by atoms with Gasteiger partial charge in [-0.05, 0) is 37.8 Å². The molecule has 5 nitrogen and oxygen atoms in total. The predicted octanol–water partition coefficient (Wildman–Crippen LogP) is 2.51. The first-order valence-corrected chi connectivity index (χ1v) is 7.66.